The minimum Gasteiger partial charge on any atom is -0.312 e. The van der Waals surface area contributed by atoms with Gasteiger partial charge >= 0.3 is 0 Å². The molecule has 1 aromatic rings. The molecule has 0 aliphatic carbocycles. The van der Waals surface area contributed by atoms with Crippen molar-refractivity contribution in [1.29, 1.82) is 0 Å². The van der Waals surface area contributed by atoms with E-state index in [4.69, 9.17) is 0 Å². The molecule has 0 amide bonds. The van der Waals surface area contributed by atoms with Gasteiger partial charge in [0.2, 0.25) is 0 Å². The Bertz CT molecular complexity index is 448. The van der Waals surface area contributed by atoms with E-state index in [2.05, 4.69) is 31.0 Å². The van der Waals surface area contributed by atoms with Crippen molar-refractivity contribution >= 4 is 0 Å². The summed E-state index contributed by atoms with van der Waals surface area (Å²) in [4.78, 5) is 2.16. The first-order valence-electron chi connectivity index (χ1n) is 7.70. The minimum atomic E-state index is -0.773. The van der Waals surface area contributed by atoms with Gasteiger partial charge in [0.15, 0.2) is 11.6 Å². The molecule has 0 aliphatic rings. The Balaban J connectivity index is 3.05. The number of hydrogen-bond donors (Lipinski definition) is 1. The van der Waals surface area contributed by atoms with Crippen molar-refractivity contribution in [3.8, 4) is 0 Å². The molecule has 0 fully saturated rings. The summed E-state index contributed by atoms with van der Waals surface area (Å²) in [6, 6.07) is 4.47. The Hall–Kier alpha value is -1.00. The van der Waals surface area contributed by atoms with Crippen molar-refractivity contribution in [1.82, 2.24) is 10.2 Å². The fourth-order valence-electron chi connectivity index (χ4n) is 2.63. The molecule has 2 unspecified atom stereocenters. The van der Waals surface area contributed by atoms with Crippen LogP contribution in [0.4, 0.5) is 8.78 Å². The maximum Gasteiger partial charge on any atom is 0.162 e. The lowest BCUT2D eigenvalue weighted by atomic mass is 9.84. The van der Waals surface area contributed by atoms with Crippen LogP contribution in [0.5, 0.6) is 0 Å². The first-order chi connectivity index (χ1) is 9.86. The van der Waals surface area contributed by atoms with E-state index >= 15 is 0 Å². The van der Waals surface area contributed by atoms with Gasteiger partial charge in [-0.25, -0.2) is 8.78 Å². The van der Waals surface area contributed by atoms with E-state index in [0.29, 0.717) is 12.0 Å². The number of likely N-dealkylation sites (N-methyl/N-ethyl adjacent to an activating group) is 1. The van der Waals surface area contributed by atoms with Gasteiger partial charge in [0.05, 0.1) is 0 Å². The van der Waals surface area contributed by atoms with Crippen LogP contribution in [-0.4, -0.2) is 37.1 Å². The molecule has 1 aromatic carbocycles. The van der Waals surface area contributed by atoms with Crippen molar-refractivity contribution in [3.63, 3.8) is 0 Å². The molecule has 0 radical (unpaired) electrons. The predicted octanol–water partition coefficient (Wildman–Crippen LogP) is 3.61. The molecule has 0 bridgehead atoms. The Labute approximate surface area is 127 Å². The molecule has 0 aliphatic heterocycles. The average Bonchev–Trinajstić information content (AvgIpc) is 2.46. The second kappa shape index (κ2) is 7.85. The van der Waals surface area contributed by atoms with E-state index < -0.39 is 11.6 Å². The molecular formula is C17H28F2N2. The van der Waals surface area contributed by atoms with E-state index in [1.165, 1.54) is 0 Å². The standard InChI is InChI=1S/C17H28F2N2/c1-6-11-20-15(17(3,7-2)21(4)5)12-13-9-8-10-14(18)16(13)19/h8-10,15,20H,6-7,11-12H2,1-5H3. The van der Waals surface area contributed by atoms with Crippen molar-refractivity contribution in [2.45, 2.75) is 51.6 Å². The topological polar surface area (TPSA) is 15.3 Å². The molecule has 0 spiro atoms. The van der Waals surface area contributed by atoms with Gasteiger partial charge in [0, 0.05) is 11.6 Å². The van der Waals surface area contributed by atoms with Gasteiger partial charge < -0.3 is 10.2 Å². The third kappa shape index (κ3) is 4.24. The zero-order valence-electron chi connectivity index (χ0n) is 13.8. The van der Waals surface area contributed by atoms with E-state index in [9.17, 15) is 8.78 Å². The highest BCUT2D eigenvalue weighted by Gasteiger charge is 2.34. The van der Waals surface area contributed by atoms with Crippen LogP contribution in [0, 0.1) is 11.6 Å². The van der Waals surface area contributed by atoms with Crippen LogP contribution < -0.4 is 5.32 Å². The highest BCUT2D eigenvalue weighted by atomic mass is 19.2. The van der Waals surface area contributed by atoms with Gasteiger partial charge in [-0.2, -0.15) is 0 Å². The molecule has 21 heavy (non-hydrogen) atoms. The predicted molar refractivity (Wildman–Crippen MR) is 84.5 cm³/mol. The second-order valence-electron chi connectivity index (χ2n) is 6.03. The lowest BCUT2D eigenvalue weighted by Gasteiger charge is -2.43. The maximum absolute atomic E-state index is 14.0. The summed E-state index contributed by atoms with van der Waals surface area (Å²) >= 11 is 0. The molecule has 0 saturated heterocycles. The summed E-state index contributed by atoms with van der Waals surface area (Å²) in [5.74, 6) is -1.50. The fraction of sp³-hybridized carbons (Fsp3) is 0.647. The van der Waals surface area contributed by atoms with Gasteiger partial charge in [-0.05, 0) is 58.5 Å². The number of hydrogen-bond acceptors (Lipinski definition) is 2. The molecule has 0 aromatic heterocycles. The first-order valence-corrected chi connectivity index (χ1v) is 7.70. The Kier molecular flexibility index (Phi) is 6.75. The monoisotopic (exact) mass is 298 g/mol. The van der Waals surface area contributed by atoms with Gasteiger partial charge in [-0.15, -0.1) is 0 Å². The molecule has 1 rings (SSSR count). The van der Waals surface area contributed by atoms with E-state index in [1.807, 2.05) is 14.1 Å². The molecule has 1 N–H and O–H groups in total. The van der Waals surface area contributed by atoms with Crippen LogP contribution in [-0.2, 0) is 6.42 Å². The SMILES string of the molecule is CCCNC(Cc1cccc(F)c1F)C(C)(CC)N(C)C. The van der Waals surface area contributed by atoms with Crippen molar-refractivity contribution < 1.29 is 8.78 Å². The molecule has 2 nitrogen and oxygen atoms in total. The highest BCUT2D eigenvalue weighted by molar-refractivity contribution is 5.21. The largest absolute Gasteiger partial charge is 0.312 e. The number of halogens is 2. The maximum atomic E-state index is 14.0. The summed E-state index contributed by atoms with van der Waals surface area (Å²) in [6.07, 6.45) is 2.42. The smallest absolute Gasteiger partial charge is 0.162 e. The highest BCUT2D eigenvalue weighted by Crippen LogP contribution is 2.25. The summed E-state index contributed by atoms with van der Waals surface area (Å²) in [5.41, 5.74) is 0.318. The van der Waals surface area contributed by atoms with Crippen LogP contribution in [0.1, 0.15) is 39.2 Å². The Morgan fingerprint density at radius 3 is 2.43 bits per heavy atom. The number of rotatable bonds is 8. The third-order valence-electron chi connectivity index (χ3n) is 4.58. The van der Waals surface area contributed by atoms with Crippen LogP contribution in [0.15, 0.2) is 18.2 Å². The summed E-state index contributed by atoms with van der Waals surface area (Å²) in [5, 5.41) is 3.51. The molecule has 0 saturated carbocycles. The Morgan fingerprint density at radius 2 is 1.90 bits per heavy atom. The fourth-order valence-corrected chi connectivity index (χ4v) is 2.63. The van der Waals surface area contributed by atoms with Gasteiger partial charge in [0.25, 0.3) is 0 Å². The summed E-state index contributed by atoms with van der Waals surface area (Å²) < 4.78 is 27.4. The van der Waals surface area contributed by atoms with Gasteiger partial charge in [0.1, 0.15) is 0 Å². The zero-order chi connectivity index (χ0) is 16.0. The normalized spacial score (nSPS) is 16.0. The Morgan fingerprint density at radius 1 is 1.24 bits per heavy atom. The molecule has 120 valence electrons. The minimum absolute atomic E-state index is 0.0637. The summed E-state index contributed by atoms with van der Waals surface area (Å²) in [7, 11) is 4.07. The number of benzene rings is 1. The van der Waals surface area contributed by atoms with E-state index in [1.54, 1.807) is 12.1 Å². The van der Waals surface area contributed by atoms with E-state index in [0.717, 1.165) is 25.5 Å². The second-order valence-corrected chi connectivity index (χ2v) is 6.03. The molecule has 0 heterocycles. The number of nitrogens with one attached hydrogen (secondary N) is 1. The first kappa shape index (κ1) is 18.1. The van der Waals surface area contributed by atoms with Crippen LogP contribution in [0.3, 0.4) is 0 Å². The van der Waals surface area contributed by atoms with Gasteiger partial charge in [-0.1, -0.05) is 26.0 Å². The quantitative estimate of drug-likeness (QED) is 0.789. The average molecular weight is 298 g/mol. The van der Waals surface area contributed by atoms with Crippen molar-refractivity contribution in [3.05, 3.63) is 35.4 Å². The third-order valence-corrected chi connectivity index (χ3v) is 4.58. The van der Waals surface area contributed by atoms with Crippen LogP contribution in [0.2, 0.25) is 0 Å². The van der Waals surface area contributed by atoms with E-state index in [-0.39, 0.29) is 11.6 Å². The summed E-state index contributed by atoms with van der Waals surface area (Å²) in [6.45, 7) is 7.26. The van der Waals surface area contributed by atoms with Gasteiger partial charge in [-0.3, -0.25) is 0 Å². The van der Waals surface area contributed by atoms with Crippen molar-refractivity contribution in [2.75, 3.05) is 20.6 Å². The van der Waals surface area contributed by atoms with Crippen LogP contribution in [0.25, 0.3) is 0 Å². The van der Waals surface area contributed by atoms with Crippen molar-refractivity contribution in [2.24, 2.45) is 0 Å². The zero-order valence-corrected chi connectivity index (χ0v) is 13.8. The lowest BCUT2D eigenvalue weighted by Crippen LogP contribution is -2.58. The number of nitrogens with zero attached hydrogens (tertiary/aromatic N) is 1. The molecular weight excluding hydrogens is 270 g/mol. The van der Waals surface area contributed by atoms with Crippen LogP contribution >= 0.6 is 0 Å². The molecule has 2 atom stereocenters. The molecule has 4 heteroatoms. The lowest BCUT2D eigenvalue weighted by molar-refractivity contribution is 0.112.